The van der Waals surface area contributed by atoms with E-state index in [9.17, 15) is 13.2 Å². The zero-order chi connectivity index (χ0) is 21.9. The van der Waals surface area contributed by atoms with Crippen LogP contribution in [0.3, 0.4) is 0 Å². The van der Waals surface area contributed by atoms with Crippen molar-refractivity contribution in [3.05, 3.63) is 53.0 Å². The Balaban J connectivity index is 1.73. The number of nitrogens with zero attached hydrogens (tertiary/aromatic N) is 1. The number of ether oxygens (including phenoxy) is 1. The molecule has 0 fully saturated rings. The zero-order valence-electron chi connectivity index (χ0n) is 17.3. The number of hydrogen-bond donors (Lipinski definition) is 2. The molecule has 7 nitrogen and oxygen atoms in total. The van der Waals surface area contributed by atoms with E-state index in [1.165, 1.54) is 17.4 Å². The second kappa shape index (κ2) is 9.11. The molecule has 30 heavy (non-hydrogen) atoms. The number of aryl methyl sites for hydroxylation is 1. The third kappa shape index (κ3) is 5.16. The van der Waals surface area contributed by atoms with Crippen molar-refractivity contribution in [1.82, 2.24) is 15.0 Å². The van der Waals surface area contributed by atoms with Gasteiger partial charge in [0.25, 0.3) is 0 Å². The van der Waals surface area contributed by atoms with Crippen LogP contribution in [-0.2, 0) is 21.4 Å². The summed E-state index contributed by atoms with van der Waals surface area (Å²) >= 11 is 1.43. The van der Waals surface area contributed by atoms with Crippen LogP contribution in [0.4, 0.5) is 0 Å². The molecule has 0 radical (unpaired) electrons. The van der Waals surface area contributed by atoms with Crippen molar-refractivity contribution in [3.8, 4) is 5.75 Å². The molecule has 0 aliphatic heterocycles. The molecule has 0 aliphatic carbocycles. The Labute approximate surface area is 180 Å². The van der Waals surface area contributed by atoms with Crippen LogP contribution < -0.4 is 14.8 Å². The summed E-state index contributed by atoms with van der Waals surface area (Å²) in [7, 11) is -2.28. The van der Waals surface area contributed by atoms with Crippen molar-refractivity contribution in [2.45, 2.75) is 38.3 Å². The molecule has 3 rings (SSSR count). The highest BCUT2D eigenvalue weighted by molar-refractivity contribution is 7.89. The smallest absolute Gasteiger partial charge is 0.241 e. The van der Waals surface area contributed by atoms with E-state index >= 15 is 0 Å². The highest BCUT2D eigenvalue weighted by Gasteiger charge is 2.28. The lowest BCUT2D eigenvalue weighted by molar-refractivity contribution is -0.123. The highest BCUT2D eigenvalue weighted by atomic mass is 32.2. The van der Waals surface area contributed by atoms with Crippen LogP contribution in [0.1, 0.15) is 24.4 Å². The molecule has 1 amide bonds. The summed E-state index contributed by atoms with van der Waals surface area (Å²) in [4.78, 5) is 17.2. The van der Waals surface area contributed by atoms with Crippen molar-refractivity contribution >= 4 is 37.5 Å². The summed E-state index contributed by atoms with van der Waals surface area (Å²) < 4.78 is 34.3. The number of sulfonamides is 1. The molecule has 0 aliphatic rings. The molecule has 0 saturated carbocycles. The lowest BCUT2D eigenvalue weighted by Crippen LogP contribution is -2.49. The Morgan fingerprint density at radius 1 is 1.17 bits per heavy atom. The van der Waals surface area contributed by atoms with Gasteiger partial charge in [0, 0.05) is 6.54 Å². The standard InChI is InChI=1S/C21H25N3O4S2/c1-13(2)20(21(25)22-12-15-5-7-16(28-4)8-6-15)24-30(26,27)17-9-10-18-19(11-17)29-14(3)23-18/h5-11,13,20,24H,12H2,1-4H3,(H,22,25)/t20-/m1/s1. The van der Waals surface area contributed by atoms with Crippen LogP contribution in [0, 0.1) is 12.8 Å². The van der Waals surface area contributed by atoms with Crippen molar-refractivity contribution in [2.75, 3.05) is 7.11 Å². The first-order valence-corrected chi connectivity index (χ1v) is 11.8. The number of fused-ring (bicyclic) bond motifs is 1. The van der Waals surface area contributed by atoms with Gasteiger partial charge < -0.3 is 10.1 Å². The highest BCUT2D eigenvalue weighted by Crippen LogP contribution is 2.25. The first kappa shape index (κ1) is 22.2. The molecule has 9 heteroatoms. The first-order chi connectivity index (χ1) is 14.2. The summed E-state index contributed by atoms with van der Waals surface area (Å²) in [6.07, 6.45) is 0. The van der Waals surface area contributed by atoms with Gasteiger partial charge in [-0.3, -0.25) is 4.79 Å². The maximum atomic E-state index is 12.9. The van der Waals surface area contributed by atoms with Gasteiger partial charge in [-0.05, 0) is 48.7 Å². The number of thiazole rings is 1. The van der Waals surface area contributed by atoms with Crippen LogP contribution in [0.15, 0.2) is 47.4 Å². The third-order valence-electron chi connectivity index (χ3n) is 4.63. The Bertz CT molecular complexity index is 1140. The van der Waals surface area contributed by atoms with Crippen LogP contribution in [0.5, 0.6) is 5.75 Å². The van der Waals surface area contributed by atoms with Crippen molar-refractivity contribution in [2.24, 2.45) is 5.92 Å². The molecular formula is C21H25N3O4S2. The van der Waals surface area contributed by atoms with Crippen molar-refractivity contribution in [3.63, 3.8) is 0 Å². The molecule has 160 valence electrons. The minimum absolute atomic E-state index is 0.118. The molecule has 0 unspecified atom stereocenters. The van der Waals surface area contributed by atoms with Crippen molar-refractivity contribution < 1.29 is 17.9 Å². The number of carbonyl (C=O) groups excluding carboxylic acids is 1. The molecule has 2 N–H and O–H groups in total. The number of carbonyl (C=O) groups is 1. The Morgan fingerprint density at radius 3 is 2.50 bits per heavy atom. The van der Waals surface area contributed by atoms with Crippen molar-refractivity contribution in [1.29, 1.82) is 0 Å². The minimum Gasteiger partial charge on any atom is -0.497 e. The molecule has 0 bridgehead atoms. The Kier molecular flexibility index (Phi) is 6.74. The summed E-state index contributed by atoms with van der Waals surface area (Å²) in [5.41, 5.74) is 1.65. The van der Waals surface area contributed by atoms with Gasteiger partial charge in [0.05, 0.1) is 27.2 Å². The van der Waals surface area contributed by atoms with Crippen LogP contribution in [-0.4, -0.2) is 32.5 Å². The fourth-order valence-corrected chi connectivity index (χ4v) is 5.27. The summed E-state index contributed by atoms with van der Waals surface area (Å²) in [5.74, 6) is 0.120. The maximum absolute atomic E-state index is 12.9. The van der Waals surface area contributed by atoms with E-state index < -0.39 is 16.1 Å². The molecule has 0 saturated heterocycles. The summed E-state index contributed by atoms with van der Waals surface area (Å²) in [5, 5.41) is 3.68. The van der Waals surface area contributed by atoms with Gasteiger partial charge in [0.1, 0.15) is 11.8 Å². The molecule has 1 heterocycles. The number of rotatable bonds is 8. The second-order valence-corrected chi connectivity index (χ2v) is 10.2. The lowest BCUT2D eigenvalue weighted by Gasteiger charge is -2.21. The van der Waals surface area contributed by atoms with E-state index in [0.29, 0.717) is 6.54 Å². The summed E-state index contributed by atoms with van der Waals surface area (Å²) in [6, 6.07) is 11.2. The van der Waals surface area contributed by atoms with Gasteiger partial charge in [-0.1, -0.05) is 26.0 Å². The number of benzene rings is 2. The average molecular weight is 448 g/mol. The van der Waals surface area contributed by atoms with E-state index in [4.69, 9.17) is 4.74 Å². The Hall–Kier alpha value is -2.49. The quantitative estimate of drug-likeness (QED) is 0.553. The predicted molar refractivity (Wildman–Crippen MR) is 118 cm³/mol. The van der Waals surface area contributed by atoms with Crippen LogP contribution in [0.2, 0.25) is 0 Å². The lowest BCUT2D eigenvalue weighted by atomic mass is 10.0. The van der Waals surface area contributed by atoms with Gasteiger partial charge in [-0.25, -0.2) is 13.4 Å². The molecule has 0 spiro atoms. The topological polar surface area (TPSA) is 97.4 Å². The molecule has 1 aromatic heterocycles. The van der Waals surface area contributed by atoms with Gasteiger partial charge >= 0.3 is 0 Å². The predicted octanol–water partition coefficient (Wildman–Crippen LogP) is 3.23. The normalized spacial score (nSPS) is 12.8. The molecule has 1 atom stereocenters. The van der Waals surface area contributed by atoms with Crippen LogP contribution in [0.25, 0.3) is 10.2 Å². The molecule has 2 aromatic carbocycles. The number of aromatic nitrogens is 1. The maximum Gasteiger partial charge on any atom is 0.241 e. The SMILES string of the molecule is COc1ccc(CNC(=O)[C@H](NS(=O)(=O)c2ccc3nc(C)sc3c2)C(C)C)cc1. The third-order valence-corrected chi connectivity index (χ3v) is 7.01. The number of amides is 1. The number of nitrogens with one attached hydrogen (secondary N) is 2. The van der Waals surface area contributed by atoms with E-state index in [1.807, 2.05) is 19.1 Å². The summed E-state index contributed by atoms with van der Waals surface area (Å²) in [6.45, 7) is 5.77. The monoisotopic (exact) mass is 447 g/mol. The van der Waals surface area contributed by atoms with Gasteiger partial charge in [0.2, 0.25) is 15.9 Å². The van der Waals surface area contributed by atoms with Gasteiger partial charge in [-0.2, -0.15) is 4.72 Å². The van der Waals surface area contributed by atoms with Gasteiger partial charge in [0.15, 0.2) is 0 Å². The fraction of sp³-hybridized carbons (Fsp3) is 0.333. The van der Waals surface area contributed by atoms with E-state index in [0.717, 1.165) is 26.5 Å². The number of methoxy groups -OCH3 is 1. The first-order valence-electron chi connectivity index (χ1n) is 9.50. The second-order valence-electron chi connectivity index (χ2n) is 7.27. The average Bonchev–Trinajstić information content (AvgIpc) is 3.09. The van der Waals surface area contributed by atoms with E-state index in [-0.39, 0.29) is 16.7 Å². The number of hydrogen-bond acceptors (Lipinski definition) is 6. The van der Waals surface area contributed by atoms with Gasteiger partial charge in [-0.15, -0.1) is 11.3 Å². The Morgan fingerprint density at radius 2 is 1.87 bits per heavy atom. The van der Waals surface area contributed by atoms with Crippen LogP contribution >= 0.6 is 11.3 Å². The minimum atomic E-state index is -3.87. The van der Waals surface area contributed by atoms with E-state index in [1.54, 1.807) is 45.2 Å². The fourth-order valence-electron chi connectivity index (χ4n) is 2.96. The zero-order valence-corrected chi connectivity index (χ0v) is 18.9. The largest absolute Gasteiger partial charge is 0.497 e. The van der Waals surface area contributed by atoms with E-state index in [2.05, 4.69) is 15.0 Å². The molecule has 3 aromatic rings. The molecular weight excluding hydrogens is 422 g/mol.